The first-order valence-electron chi connectivity index (χ1n) is 10.9. The first-order valence-corrected chi connectivity index (χ1v) is 10.9. The topological polar surface area (TPSA) is 90.4 Å². The normalized spacial score (nSPS) is 19.2. The van der Waals surface area contributed by atoms with Gasteiger partial charge in [0.05, 0.1) is 6.54 Å². The zero-order valence-electron chi connectivity index (χ0n) is 18.3. The second-order valence-corrected chi connectivity index (χ2v) is 8.31. The van der Waals surface area contributed by atoms with Crippen LogP contribution in [0.15, 0.2) is 67.3 Å². The maximum atomic E-state index is 13.3. The second-order valence-electron chi connectivity index (χ2n) is 8.31. The zero-order valence-corrected chi connectivity index (χ0v) is 18.3. The van der Waals surface area contributed by atoms with Gasteiger partial charge in [-0.15, -0.1) is 6.58 Å². The Hall–Kier alpha value is -3.81. The lowest BCUT2D eigenvalue weighted by molar-refractivity contribution is -0.141. The average molecular weight is 450 g/mol. The minimum Gasteiger partial charge on any atom is -0.480 e. The first-order chi connectivity index (χ1) is 16.0. The highest BCUT2D eigenvalue weighted by molar-refractivity contribution is 5.84. The molecular weight excluding hydrogens is 422 g/mol. The molecule has 1 fully saturated rings. The minimum absolute atomic E-state index is 0.0325. The van der Waals surface area contributed by atoms with Crippen LogP contribution >= 0.6 is 0 Å². The van der Waals surface area contributed by atoms with Crippen molar-refractivity contribution in [3.8, 4) is 0 Å². The SMILES string of the molecule is C=CCN(Cc1ccccc1)C(=O)N1CC(OC(=O)N2Cc3ccccc3C2)C[C@H]1C(=O)O. The van der Waals surface area contributed by atoms with E-state index in [1.54, 1.807) is 15.9 Å². The highest BCUT2D eigenvalue weighted by Gasteiger charge is 2.43. The molecule has 0 spiro atoms. The van der Waals surface area contributed by atoms with Crippen LogP contribution in [0.4, 0.5) is 9.59 Å². The number of carbonyl (C=O) groups excluding carboxylic acids is 2. The van der Waals surface area contributed by atoms with E-state index < -0.39 is 30.2 Å². The van der Waals surface area contributed by atoms with Crippen molar-refractivity contribution in [1.82, 2.24) is 14.7 Å². The Bertz CT molecular complexity index is 1020. The Balaban J connectivity index is 1.42. The molecule has 0 aromatic heterocycles. The molecule has 8 nitrogen and oxygen atoms in total. The molecule has 2 atom stereocenters. The monoisotopic (exact) mass is 449 g/mol. The van der Waals surface area contributed by atoms with Crippen molar-refractivity contribution in [3.63, 3.8) is 0 Å². The number of urea groups is 1. The molecule has 2 heterocycles. The molecule has 0 saturated carbocycles. The van der Waals surface area contributed by atoms with Crippen molar-refractivity contribution in [2.45, 2.75) is 38.2 Å². The number of hydrogen-bond donors (Lipinski definition) is 1. The van der Waals surface area contributed by atoms with Gasteiger partial charge in [0.15, 0.2) is 0 Å². The lowest BCUT2D eigenvalue weighted by Gasteiger charge is -2.29. The van der Waals surface area contributed by atoms with Crippen molar-refractivity contribution < 1.29 is 24.2 Å². The summed E-state index contributed by atoms with van der Waals surface area (Å²) in [5, 5.41) is 9.73. The number of ether oxygens (including phenoxy) is 1. The summed E-state index contributed by atoms with van der Waals surface area (Å²) in [5.74, 6) is -1.12. The molecule has 1 N–H and O–H groups in total. The number of benzene rings is 2. The van der Waals surface area contributed by atoms with Crippen molar-refractivity contribution in [2.75, 3.05) is 13.1 Å². The zero-order chi connectivity index (χ0) is 23.4. The molecule has 0 radical (unpaired) electrons. The van der Waals surface area contributed by atoms with Crippen molar-refractivity contribution in [2.24, 2.45) is 0 Å². The predicted molar refractivity (Wildman–Crippen MR) is 121 cm³/mol. The van der Waals surface area contributed by atoms with Crippen LogP contribution in [0.2, 0.25) is 0 Å². The van der Waals surface area contributed by atoms with Gasteiger partial charge in [0.2, 0.25) is 0 Å². The Morgan fingerprint density at radius 2 is 1.70 bits per heavy atom. The number of carboxylic acid groups (broad SMARTS) is 1. The second kappa shape index (κ2) is 9.77. The van der Waals surface area contributed by atoms with E-state index in [-0.39, 0.29) is 19.5 Å². The largest absolute Gasteiger partial charge is 0.480 e. The predicted octanol–water partition coefficient (Wildman–Crippen LogP) is 3.47. The Kier molecular flexibility index (Phi) is 6.63. The summed E-state index contributed by atoms with van der Waals surface area (Å²) < 4.78 is 5.64. The molecule has 2 aromatic rings. The van der Waals surface area contributed by atoms with Crippen LogP contribution in [0.25, 0.3) is 0 Å². The number of fused-ring (bicyclic) bond motifs is 1. The number of likely N-dealkylation sites (tertiary alicyclic amines) is 1. The molecule has 172 valence electrons. The van der Waals surface area contributed by atoms with Gasteiger partial charge >= 0.3 is 18.1 Å². The number of nitrogens with zero attached hydrogens (tertiary/aromatic N) is 3. The fourth-order valence-corrected chi connectivity index (χ4v) is 4.36. The number of carboxylic acids is 1. The molecule has 0 aliphatic carbocycles. The number of amides is 3. The summed E-state index contributed by atoms with van der Waals surface area (Å²) in [7, 11) is 0. The summed E-state index contributed by atoms with van der Waals surface area (Å²) in [6.45, 7) is 5.26. The maximum absolute atomic E-state index is 13.3. The van der Waals surface area contributed by atoms with Crippen molar-refractivity contribution >= 4 is 18.1 Å². The highest BCUT2D eigenvalue weighted by atomic mass is 16.6. The van der Waals surface area contributed by atoms with E-state index in [9.17, 15) is 19.5 Å². The molecule has 1 unspecified atom stereocenters. The van der Waals surface area contributed by atoms with E-state index in [4.69, 9.17) is 4.74 Å². The van der Waals surface area contributed by atoms with Crippen LogP contribution in [-0.2, 0) is 29.2 Å². The number of hydrogen-bond acceptors (Lipinski definition) is 4. The van der Waals surface area contributed by atoms with Crippen molar-refractivity contribution in [1.29, 1.82) is 0 Å². The lowest BCUT2D eigenvalue weighted by Crippen LogP contribution is -2.48. The fourth-order valence-electron chi connectivity index (χ4n) is 4.36. The van der Waals surface area contributed by atoms with Gasteiger partial charge in [-0.05, 0) is 16.7 Å². The van der Waals surface area contributed by atoms with Crippen LogP contribution < -0.4 is 0 Å². The Morgan fingerprint density at radius 3 is 2.30 bits per heavy atom. The van der Waals surface area contributed by atoms with Gasteiger partial charge in [0.1, 0.15) is 12.1 Å². The van der Waals surface area contributed by atoms with E-state index in [0.29, 0.717) is 19.6 Å². The molecular formula is C25H27N3O5. The molecule has 0 bridgehead atoms. The van der Waals surface area contributed by atoms with E-state index in [2.05, 4.69) is 6.58 Å². The number of aliphatic carboxylic acids is 1. The third kappa shape index (κ3) is 5.00. The summed E-state index contributed by atoms with van der Waals surface area (Å²) in [4.78, 5) is 42.3. The molecule has 3 amide bonds. The summed E-state index contributed by atoms with van der Waals surface area (Å²) in [5.41, 5.74) is 3.07. The number of carbonyl (C=O) groups is 3. The van der Waals surface area contributed by atoms with Crippen LogP contribution in [0.3, 0.4) is 0 Å². The Morgan fingerprint density at radius 1 is 1.06 bits per heavy atom. The maximum Gasteiger partial charge on any atom is 0.410 e. The van der Waals surface area contributed by atoms with Crippen LogP contribution in [0.5, 0.6) is 0 Å². The van der Waals surface area contributed by atoms with Crippen LogP contribution in [0.1, 0.15) is 23.1 Å². The molecule has 2 aliphatic heterocycles. The van der Waals surface area contributed by atoms with Gasteiger partial charge in [0, 0.05) is 32.6 Å². The molecule has 2 aliphatic rings. The van der Waals surface area contributed by atoms with Crippen LogP contribution in [0, 0.1) is 0 Å². The van der Waals surface area contributed by atoms with Gasteiger partial charge in [-0.3, -0.25) is 4.90 Å². The van der Waals surface area contributed by atoms with E-state index in [0.717, 1.165) is 16.7 Å². The minimum atomic E-state index is -1.12. The fraction of sp³-hybridized carbons (Fsp3) is 0.320. The third-order valence-corrected chi connectivity index (χ3v) is 6.00. The van der Waals surface area contributed by atoms with Gasteiger partial charge in [-0.2, -0.15) is 0 Å². The van der Waals surface area contributed by atoms with Gasteiger partial charge < -0.3 is 19.6 Å². The standard InChI is InChI=1S/C25H27N3O5/c1-2-12-26(14-18-8-4-3-5-9-18)24(31)28-17-21(13-22(28)23(29)30)33-25(32)27-15-19-10-6-7-11-20(19)16-27/h2-11,21-22H,1,12-17H2,(H,29,30)/t21?,22-/m0/s1. The Labute approximate surface area is 192 Å². The van der Waals surface area contributed by atoms with E-state index in [1.807, 2.05) is 54.6 Å². The molecule has 4 rings (SSSR count). The van der Waals surface area contributed by atoms with Gasteiger partial charge in [0.25, 0.3) is 0 Å². The quantitative estimate of drug-likeness (QED) is 0.682. The summed E-state index contributed by atoms with van der Waals surface area (Å²) in [6, 6.07) is 15.8. The van der Waals surface area contributed by atoms with Crippen LogP contribution in [-0.4, -0.2) is 63.1 Å². The molecule has 33 heavy (non-hydrogen) atoms. The summed E-state index contributed by atoms with van der Waals surface area (Å²) >= 11 is 0. The molecule has 2 aromatic carbocycles. The smallest absolute Gasteiger partial charge is 0.410 e. The first kappa shape index (κ1) is 22.4. The van der Waals surface area contributed by atoms with Gasteiger partial charge in [-0.1, -0.05) is 60.7 Å². The van der Waals surface area contributed by atoms with E-state index >= 15 is 0 Å². The average Bonchev–Trinajstić information content (AvgIpc) is 3.43. The van der Waals surface area contributed by atoms with Crippen molar-refractivity contribution in [3.05, 3.63) is 83.9 Å². The highest BCUT2D eigenvalue weighted by Crippen LogP contribution is 2.27. The molecule has 1 saturated heterocycles. The number of rotatable bonds is 6. The third-order valence-electron chi connectivity index (χ3n) is 6.00. The van der Waals surface area contributed by atoms with E-state index in [1.165, 1.54) is 4.90 Å². The molecule has 8 heteroatoms. The lowest BCUT2D eigenvalue weighted by atomic mass is 10.1. The van der Waals surface area contributed by atoms with Gasteiger partial charge in [-0.25, -0.2) is 14.4 Å². The summed E-state index contributed by atoms with van der Waals surface area (Å²) in [6.07, 6.45) is 0.478.